The van der Waals surface area contributed by atoms with E-state index in [1.165, 1.54) is 29.5 Å². The maximum Gasteiger partial charge on any atom is 0.143 e. The number of pyridine rings is 2. The van der Waals surface area contributed by atoms with Gasteiger partial charge in [-0.25, -0.2) is 9.97 Å². The summed E-state index contributed by atoms with van der Waals surface area (Å²) in [7, 11) is 0. The van der Waals surface area contributed by atoms with Gasteiger partial charge in [0.1, 0.15) is 17.8 Å². The summed E-state index contributed by atoms with van der Waals surface area (Å²) in [6.45, 7) is 5.91. The fraction of sp³-hybridized carbons (Fsp3) is 0.419. The molecule has 1 aliphatic heterocycles. The van der Waals surface area contributed by atoms with Gasteiger partial charge in [-0.1, -0.05) is 6.08 Å². The average molecular weight is 522 g/mol. The molecule has 4 aromatic heterocycles. The number of ether oxygens (including phenoxy) is 1. The van der Waals surface area contributed by atoms with Gasteiger partial charge in [0, 0.05) is 60.6 Å². The summed E-state index contributed by atoms with van der Waals surface area (Å²) < 4.78 is 5.56. The number of aromatic amines is 1. The first-order valence-electron chi connectivity index (χ1n) is 14.2. The van der Waals surface area contributed by atoms with Crippen LogP contribution in [0.2, 0.25) is 0 Å². The highest BCUT2D eigenvalue weighted by molar-refractivity contribution is 5.94. The van der Waals surface area contributed by atoms with Crippen molar-refractivity contribution in [1.29, 1.82) is 0 Å². The van der Waals surface area contributed by atoms with E-state index in [1.54, 1.807) is 6.33 Å². The van der Waals surface area contributed by atoms with Gasteiger partial charge in [-0.2, -0.15) is 0 Å². The summed E-state index contributed by atoms with van der Waals surface area (Å²) in [5.74, 6) is 0.942. The Bertz CT molecular complexity index is 1490. The molecule has 5 heterocycles. The maximum atomic E-state index is 5.56. The SMILES string of the molecule is Cc1cc(C2(c3ccncc3)C=Cc3[nH]c4ncnc(NC5CCC(N6CCOCC6)CC5)c4c3C2)ccn1. The number of aryl methyl sites for hydroxylation is 1. The van der Waals surface area contributed by atoms with Crippen molar-refractivity contribution in [3.63, 3.8) is 0 Å². The molecular formula is C31H35N7O. The molecule has 0 bridgehead atoms. The Morgan fingerprint density at radius 3 is 2.56 bits per heavy atom. The standard InChI is InChI=1S/C31H35N7O/c1-21-18-23(9-13-33-21)31(22-7-11-32-12-8-22)10-6-27-26(19-31)28-29(34-20-35-30(28)37-27)36-24-2-4-25(5-3-24)38-14-16-39-17-15-38/h6-13,18,20,24-25H,2-5,14-17,19H2,1H3,(H2,34,35,36,37). The van der Waals surface area contributed by atoms with Crippen molar-refractivity contribution < 1.29 is 4.74 Å². The van der Waals surface area contributed by atoms with Crippen molar-refractivity contribution in [3.05, 3.63) is 83.3 Å². The topological polar surface area (TPSA) is 91.8 Å². The van der Waals surface area contributed by atoms with Gasteiger partial charge in [-0.3, -0.25) is 14.9 Å². The van der Waals surface area contributed by atoms with Crippen molar-refractivity contribution in [1.82, 2.24) is 29.8 Å². The normalized spacial score (nSPS) is 25.5. The van der Waals surface area contributed by atoms with Crippen molar-refractivity contribution in [2.75, 3.05) is 31.6 Å². The molecule has 0 aromatic carbocycles. The number of hydrogen-bond donors (Lipinski definition) is 2. The van der Waals surface area contributed by atoms with Crippen LogP contribution in [-0.4, -0.2) is 68.2 Å². The summed E-state index contributed by atoms with van der Waals surface area (Å²) >= 11 is 0. The van der Waals surface area contributed by atoms with Crippen LogP contribution < -0.4 is 5.32 Å². The molecule has 39 heavy (non-hydrogen) atoms. The molecule has 0 spiro atoms. The third kappa shape index (κ3) is 4.51. The highest BCUT2D eigenvalue weighted by Gasteiger charge is 2.37. The molecule has 2 fully saturated rings. The molecule has 0 radical (unpaired) electrons. The Morgan fingerprint density at radius 1 is 0.974 bits per heavy atom. The van der Waals surface area contributed by atoms with Crippen LogP contribution in [0.1, 0.15) is 53.8 Å². The van der Waals surface area contributed by atoms with Gasteiger partial charge in [0.25, 0.3) is 0 Å². The third-order valence-electron chi connectivity index (χ3n) is 8.92. The largest absolute Gasteiger partial charge is 0.379 e. The predicted octanol–water partition coefficient (Wildman–Crippen LogP) is 4.67. The molecule has 3 aliphatic rings. The van der Waals surface area contributed by atoms with Crippen LogP contribution in [0, 0.1) is 6.92 Å². The number of rotatable bonds is 5. The zero-order valence-corrected chi connectivity index (χ0v) is 22.4. The molecule has 4 aromatic rings. The smallest absolute Gasteiger partial charge is 0.143 e. The second kappa shape index (κ2) is 10.2. The van der Waals surface area contributed by atoms with Crippen LogP contribution in [0.25, 0.3) is 17.1 Å². The minimum Gasteiger partial charge on any atom is -0.379 e. The number of anilines is 1. The molecule has 1 unspecified atom stereocenters. The molecule has 0 amide bonds. The van der Waals surface area contributed by atoms with Gasteiger partial charge in [-0.15, -0.1) is 0 Å². The van der Waals surface area contributed by atoms with Gasteiger partial charge in [0.2, 0.25) is 0 Å². The first kappa shape index (κ1) is 24.4. The Labute approximate surface area is 229 Å². The Hall–Kier alpha value is -3.62. The molecule has 2 N–H and O–H groups in total. The number of H-pyrrole nitrogens is 1. The lowest BCUT2D eigenvalue weighted by Crippen LogP contribution is -2.46. The number of fused-ring (bicyclic) bond motifs is 3. The van der Waals surface area contributed by atoms with Gasteiger partial charge in [0.15, 0.2) is 0 Å². The average Bonchev–Trinajstić information content (AvgIpc) is 3.37. The monoisotopic (exact) mass is 521 g/mol. The number of morpholine rings is 1. The lowest BCUT2D eigenvalue weighted by Gasteiger charge is -2.39. The summed E-state index contributed by atoms with van der Waals surface area (Å²) in [5, 5.41) is 4.95. The van der Waals surface area contributed by atoms with E-state index in [2.05, 4.69) is 73.5 Å². The number of nitrogens with one attached hydrogen (secondary N) is 2. The summed E-state index contributed by atoms with van der Waals surface area (Å²) in [6.07, 6.45) is 17.4. The molecule has 1 saturated heterocycles. The Balaban J connectivity index is 1.21. The number of hydrogen-bond acceptors (Lipinski definition) is 7. The molecule has 8 nitrogen and oxygen atoms in total. The first-order valence-corrected chi connectivity index (χ1v) is 14.2. The van der Waals surface area contributed by atoms with Crippen LogP contribution in [-0.2, 0) is 16.6 Å². The van der Waals surface area contributed by atoms with E-state index in [0.29, 0.717) is 12.1 Å². The fourth-order valence-electron chi connectivity index (χ4n) is 6.86. The minimum absolute atomic E-state index is 0.331. The highest BCUT2D eigenvalue weighted by atomic mass is 16.5. The number of aromatic nitrogens is 5. The summed E-state index contributed by atoms with van der Waals surface area (Å²) in [5.41, 5.74) is 6.38. The summed E-state index contributed by atoms with van der Waals surface area (Å²) in [4.78, 5) is 24.4. The molecule has 7 rings (SSSR count). The third-order valence-corrected chi connectivity index (χ3v) is 8.92. The lowest BCUT2D eigenvalue weighted by molar-refractivity contribution is 0.00791. The van der Waals surface area contributed by atoms with Crippen LogP contribution in [0.5, 0.6) is 0 Å². The Kier molecular flexibility index (Phi) is 6.37. The van der Waals surface area contributed by atoms with Crippen molar-refractivity contribution in [3.8, 4) is 0 Å². The van der Waals surface area contributed by atoms with Gasteiger partial charge in [0.05, 0.1) is 18.6 Å². The summed E-state index contributed by atoms with van der Waals surface area (Å²) in [6, 6.07) is 9.68. The molecule has 2 aliphatic carbocycles. The van der Waals surface area contributed by atoms with Crippen LogP contribution in [0.3, 0.4) is 0 Å². The molecule has 1 atom stereocenters. The molecular weight excluding hydrogens is 486 g/mol. The zero-order valence-electron chi connectivity index (χ0n) is 22.4. The number of nitrogens with zero attached hydrogens (tertiary/aromatic N) is 5. The second-order valence-corrected chi connectivity index (χ2v) is 11.2. The quantitative estimate of drug-likeness (QED) is 0.394. The fourth-order valence-corrected chi connectivity index (χ4v) is 6.86. The zero-order chi connectivity index (χ0) is 26.2. The second-order valence-electron chi connectivity index (χ2n) is 11.2. The van der Waals surface area contributed by atoms with E-state index in [-0.39, 0.29) is 5.41 Å². The van der Waals surface area contributed by atoms with Crippen molar-refractivity contribution in [2.24, 2.45) is 0 Å². The van der Waals surface area contributed by atoms with Gasteiger partial charge in [-0.05, 0) is 86.1 Å². The van der Waals surface area contributed by atoms with E-state index in [0.717, 1.165) is 73.8 Å². The van der Waals surface area contributed by atoms with Crippen LogP contribution in [0.4, 0.5) is 5.82 Å². The predicted molar refractivity (Wildman–Crippen MR) is 153 cm³/mol. The van der Waals surface area contributed by atoms with E-state index in [9.17, 15) is 0 Å². The molecule has 200 valence electrons. The first-order chi connectivity index (χ1) is 19.2. The van der Waals surface area contributed by atoms with Crippen LogP contribution in [0.15, 0.2) is 55.3 Å². The van der Waals surface area contributed by atoms with Crippen LogP contribution >= 0.6 is 0 Å². The Morgan fingerprint density at radius 2 is 1.77 bits per heavy atom. The highest BCUT2D eigenvalue weighted by Crippen LogP contribution is 2.44. The molecule has 1 saturated carbocycles. The van der Waals surface area contributed by atoms with E-state index in [1.807, 2.05) is 18.6 Å². The van der Waals surface area contributed by atoms with Gasteiger partial charge >= 0.3 is 0 Å². The van der Waals surface area contributed by atoms with Crippen molar-refractivity contribution in [2.45, 2.75) is 56.5 Å². The number of allylic oxidation sites excluding steroid dienone is 1. The van der Waals surface area contributed by atoms with Gasteiger partial charge < -0.3 is 15.0 Å². The van der Waals surface area contributed by atoms with E-state index in [4.69, 9.17) is 9.72 Å². The van der Waals surface area contributed by atoms with Crippen molar-refractivity contribution >= 4 is 22.9 Å². The minimum atomic E-state index is -0.331. The van der Waals surface area contributed by atoms with E-state index < -0.39 is 0 Å². The molecule has 8 heteroatoms. The lowest BCUT2D eigenvalue weighted by atomic mass is 9.68. The maximum absolute atomic E-state index is 5.56. The van der Waals surface area contributed by atoms with E-state index >= 15 is 0 Å².